The van der Waals surface area contributed by atoms with E-state index in [4.69, 9.17) is 5.26 Å². The highest BCUT2D eigenvalue weighted by atomic mass is 16.5. The van der Waals surface area contributed by atoms with Crippen LogP contribution >= 0.6 is 0 Å². The zero-order valence-electron chi connectivity index (χ0n) is 9.96. The Hall–Kier alpha value is -1.08. The number of hydrogen-bond acceptors (Lipinski definition) is 4. The third kappa shape index (κ3) is 6.08. The summed E-state index contributed by atoms with van der Waals surface area (Å²) in [5.41, 5.74) is 0.0258. The first-order chi connectivity index (χ1) is 6.93. The number of nitrogens with one attached hydrogen (secondary N) is 1. The summed E-state index contributed by atoms with van der Waals surface area (Å²) in [6.45, 7) is 6.61. The Kier molecular flexibility index (Phi) is 5.95. The molecule has 0 unspecified atom stereocenters. The molecule has 0 aliphatic carbocycles. The van der Waals surface area contributed by atoms with Gasteiger partial charge in [0.1, 0.15) is 6.04 Å². The molecule has 0 heterocycles. The summed E-state index contributed by atoms with van der Waals surface area (Å²) >= 11 is 0. The first-order valence-corrected chi connectivity index (χ1v) is 5.11. The van der Waals surface area contributed by atoms with E-state index >= 15 is 0 Å². The van der Waals surface area contributed by atoms with Gasteiger partial charge in [-0.25, -0.2) is 0 Å². The van der Waals surface area contributed by atoms with E-state index in [9.17, 15) is 4.79 Å². The number of nitrogens with zero attached hydrogens (tertiary/aromatic N) is 1. The van der Waals surface area contributed by atoms with Gasteiger partial charge >= 0.3 is 5.97 Å². The monoisotopic (exact) mass is 212 g/mol. The molecule has 0 aliphatic rings. The van der Waals surface area contributed by atoms with Crippen LogP contribution in [0.25, 0.3) is 0 Å². The predicted octanol–water partition coefficient (Wildman–Crippen LogP) is 1.47. The van der Waals surface area contributed by atoms with Gasteiger partial charge in [-0.3, -0.25) is 4.79 Å². The van der Waals surface area contributed by atoms with Crippen molar-refractivity contribution in [3.8, 4) is 6.07 Å². The van der Waals surface area contributed by atoms with Crippen LogP contribution in [0.4, 0.5) is 0 Å². The highest BCUT2D eigenvalue weighted by molar-refractivity contribution is 5.75. The first kappa shape index (κ1) is 13.9. The molecule has 0 aromatic rings. The van der Waals surface area contributed by atoms with Gasteiger partial charge in [0, 0.05) is 13.0 Å². The summed E-state index contributed by atoms with van der Waals surface area (Å²) in [5, 5.41) is 11.6. The zero-order chi connectivity index (χ0) is 11.9. The Morgan fingerprint density at radius 3 is 2.67 bits per heavy atom. The number of rotatable bonds is 6. The number of hydrogen-bond donors (Lipinski definition) is 1. The molecule has 86 valence electrons. The van der Waals surface area contributed by atoms with E-state index in [0.29, 0.717) is 13.0 Å². The molecule has 0 saturated carbocycles. The van der Waals surface area contributed by atoms with Crippen LogP contribution in [0.3, 0.4) is 0 Å². The summed E-state index contributed by atoms with van der Waals surface area (Å²) in [4.78, 5) is 11.1. The lowest BCUT2D eigenvalue weighted by Crippen LogP contribution is -2.40. The maximum absolute atomic E-state index is 11.1. The van der Waals surface area contributed by atoms with Crippen molar-refractivity contribution >= 4 is 5.97 Å². The van der Waals surface area contributed by atoms with E-state index < -0.39 is 0 Å². The van der Waals surface area contributed by atoms with Gasteiger partial charge in [0.05, 0.1) is 13.2 Å². The van der Waals surface area contributed by atoms with Crippen molar-refractivity contribution in [3.63, 3.8) is 0 Å². The number of carbonyl (C=O) groups is 1. The van der Waals surface area contributed by atoms with Crippen molar-refractivity contribution < 1.29 is 9.53 Å². The van der Waals surface area contributed by atoms with Crippen LogP contribution in [-0.4, -0.2) is 25.7 Å². The van der Waals surface area contributed by atoms with Crippen LogP contribution in [0.1, 0.15) is 33.6 Å². The second-order valence-electron chi connectivity index (χ2n) is 4.45. The van der Waals surface area contributed by atoms with Crippen molar-refractivity contribution in [1.82, 2.24) is 5.32 Å². The third-order valence-electron chi connectivity index (χ3n) is 2.36. The lowest BCUT2D eigenvalue weighted by Gasteiger charge is -2.25. The summed E-state index contributed by atoms with van der Waals surface area (Å²) in [6, 6.07) is 1.83. The Morgan fingerprint density at radius 2 is 2.20 bits per heavy atom. The molecule has 1 N–H and O–H groups in total. The smallest absolute Gasteiger partial charge is 0.322 e. The van der Waals surface area contributed by atoms with Gasteiger partial charge in [0.15, 0.2) is 0 Å². The lowest BCUT2D eigenvalue weighted by atomic mass is 9.88. The summed E-state index contributed by atoms with van der Waals surface area (Å²) in [7, 11) is 1.38. The Labute approximate surface area is 91.6 Å². The average molecular weight is 212 g/mol. The largest absolute Gasteiger partial charge is 0.468 e. The zero-order valence-corrected chi connectivity index (χ0v) is 9.96. The molecule has 0 amide bonds. The number of nitriles is 1. The fourth-order valence-electron chi connectivity index (χ4n) is 1.17. The Balaban J connectivity index is 3.93. The van der Waals surface area contributed by atoms with Gasteiger partial charge in [-0.1, -0.05) is 13.8 Å². The topological polar surface area (TPSA) is 62.1 Å². The van der Waals surface area contributed by atoms with Gasteiger partial charge in [0.2, 0.25) is 0 Å². The molecule has 0 saturated heterocycles. The lowest BCUT2D eigenvalue weighted by molar-refractivity contribution is -0.142. The van der Waals surface area contributed by atoms with Gasteiger partial charge in [-0.15, -0.1) is 0 Å². The minimum Gasteiger partial charge on any atom is -0.468 e. The standard InChI is InChI=1S/C11H20N2O2/c1-9(10(14)15-4)13-8-11(2,3)6-5-7-12/h9,13H,5-6,8H2,1-4H3/t9-/m0/s1. The summed E-state index contributed by atoms with van der Waals surface area (Å²) in [6.07, 6.45) is 1.37. The van der Waals surface area contributed by atoms with Crippen LogP contribution in [-0.2, 0) is 9.53 Å². The number of carbonyl (C=O) groups excluding carboxylic acids is 1. The minimum atomic E-state index is -0.295. The number of ether oxygens (including phenoxy) is 1. The maximum Gasteiger partial charge on any atom is 0.322 e. The van der Waals surface area contributed by atoms with E-state index in [0.717, 1.165) is 6.42 Å². The normalized spacial score (nSPS) is 13.0. The highest BCUT2D eigenvalue weighted by Crippen LogP contribution is 2.20. The Bertz CT molecular complexity index is 243. The molecule has 1 atom stereocenters. The number of methoxy groups -OCH3 is 1. The second kappa shape index (κ2) is 6.41. The van der Waals surface area contributed by atoms with Crippen LogP contribution in [0, 0.1) is 16.7 Å². The van der Waals surface area contributed by atoms with Gasteiger partial charge in [-0.2, -0.15) is 5.26 Å². The molecule has 4 heteroatoms. The molecule has 0 radical (unpaired) electrons. The molecular formula is C11H20N2O2. The molecule has 0 aromatic carbocycles. The molecular weight excluding hydrogens is 192 g/mol. The SMILES string of the molecule is COC(=O)[C@H](C)NCC(C)(C)CCC#N. The molecule has 15 heavy (non-hydrogen) atoms. The van der Waals surface area contributed by atoms with Gasteiger partial charge in [-0.05, 0) is 18.8 Å². The second-order valence-corrected chi connectivity index (χ2v) is 4.45. The number of esters is 1. The Morgan fingerprint density at radius 1 is 1.60 bits per heavy atom. The molecule has 0 rings (SSSR count). The van der Waals surface area contributed by atoms with Crippen molar-refractivity contribution in [1.29, 1.82) is 5.26 Å². The summed E-state index contributed by atoms with van der Waals surface area (Å²) < 4.78 is 4.60. The van der Waals surface area contributed by atoms with E-state index in [1.807, 2.05) is 0 Å². The highest BCUT2D eigenvalue weighted by Gasteiger charge is 2.20. The molecule has 0 bridgehead atoms. The molecule has 0 aromatic heterocycles. The third-order valence-corrected chi connectivity index (χ3v) is 2.36. The van der Waals surface area contributed by atoms with E-state index in [2.05, 4.69) is 30.0 Å². The quantitative estimate of drug-likeness (QED) is 0.677. The predicted molar refractivity (Wildman–Crippen MR) is 58.1 cm³/mol. The van der Waals surface area contributed by atoms with Crippen LogP contribution in [0.5, 0.6) is 0 Å². The minimum absolute atomic E-state index is 0.0258. The average Bonchev–Trinajstić information content (AvgIpc) is 2.22. The van der Waals surface area contributed by atoms with Crippen molar-refractivity contribution in [2.45, 2.75) is 39.7 Å². The van der Waals surface area contributed by atoms with Crippen molar-refractivity contribution in [2.75, 3.05) is 13.7 Å². The van der Waals surface area contributed by atoms with Gasteiger partial charge in [0.25, 0.3) is 0 Å². The molecule has 0 aliphatic heterocycles. The fourth-order valence-corrected chi connectivity index (χ4v) is 1.17. The fraction of sp³-hybridized carbons (Fsp3) is 0.818. The van der Waals surface area contributed by atoms with Crippen molar-refractivity contribution in [3.05, 3.63) is 0 Å². The van der Waals surface area contributed by atoms with Gasteiger partial charge < -0.3 is 10.1 Å². The van der Waals surface area contributed by atoms with E-state index in [1.54, 1.807) is 6.92 Å². The van der Waals surface area contributed by atoms with E-state index in [1.165, 1.54) is 7.11 Å². The molecule has 0 fully saturated rings. The molecule has 4 nitrogen and oxygen atoms in total. The summed E-state index contributed by atoms with van der Waals surface area (Å²) in [5.74, 6) is -0.258. The maximum atomic E-state index is 11.1. The first-order valence-electron chi connectivity index (χ1n) is 5.11. The van der Waals surface area contributed by atoms with Crippen LogP contribution < -0.4 is 5.32 Å². The van der Waals surface area contributed by atoms with Crippen LogP contribution in [0.2, 0.25) is 0 Å². The van der Waals surface area contributed by atoms with Crippen LogP contribution in [0.15, 0.2) is 0 Å². The van der Waals surface area contributed by atoms with E-state index in [-0.39, 0.29) is 17.4 Å². The van der Waals surface area contributed by atoms with Crippen molar-refractivity contribution in [2.24, 2.45) is 5.41 Å². The molecule has 0 spiro atoms.